The summed E-state index contributed by atoms with van der Waals surface area (Å²) < 4.78 is 10.3. The van der Waals surface area contributed by atoms with Crippen LogP contribution in [-0.2, 0) is 23.9 Å². The lowest BCUT2D eigenvalue weighted by Gasteiger charge is -2.34. The smallest absolute Gasteiger partial charge is 0.408 e. The number of amides is 3. The molecule has 1 aromatic rings. The predicted molar refractivity (Wildman–Crippen MR) is 148 cm³/mol. The first-order valence-corrected chi connectivity index (χ1v) is 14.3. The normalized spacial score (nSPS) is 12.7. The van der Waals surface area contributed by atoms with Crippen molar-refractivity contribution >= 4 is 35.6 Å². The third kappa shape index (κ3) is 10.8. The second-order valence-corrected chi connectivity index (χ2v) is 10.8. The average Bonchev–Trinajstić information content (AvgIpc) is 2.82. The summed E-state index contributed by atoms with van der Waals surface area (Å²) >= 11 is 1.52. The number of nitrogens with zero attached hydrogens (tertiary/aromatic N) is 1. The summed E-state index contributed by atoms with van der Waals surface area (Å²) in [6.45, 7) is 10.9. The van der Waals surface area contributed by atoms with Crippen LogP contribution in [0.4, 0.5) is 4.79 Å². The van der Waals surface area contributed by atoms with Gasteiger partial charge >= 0.3 is 12.1 Å². The molecule has 2 atom stereocenters. The highest BCUT2D eigenvalue weighted by Crippen LogP contribution is 2.32. The van der Waals surface area contributed by atoms with Crippen LogP contribution in [0, 0.1) is 6.92 Å². The molecule has 0 spiro atoms. The number of carbonyl (C=O) groups is 4. The number of nitrogens with one attached hydrogen (secondary N) is 2. The molecule has 0 heterocycles. The number of esters is 1. The maximum Gasteiger partial charge on any atom is 0.408 e. The van der Waals surface area contributed by atoms with E-state index < -0.39 is 41.6 Å². The van der Waals surface area contributed by atoms with E-state index in [0.717, 1.165) is 0 Å². The first-order valence-electron chi connectivity index (χ1n) is 12.9. The quantitative estimate of drug-likeness (QED) is 0.297. The standard InChI is InChI=1S/C27H43N3O7S/c1-8-16-30(25(34)20(14-17-38-7)29-26(35)37-27(4,5)6)22(19-12-10-11-18(3)23(19)32)24(33)28-15-13-21(31)36-9-2/h10-12,20,22,32H,8-9,13-17H2,1-7H3,(H,28,33)(H,29,35). The Labute approximate surface area is 230 Å². The number of para-hydroxylation sites is 1. The van der Waals surface area contributed by atoms with E-state index >= 15 is 0 Å². The lowest BCUT2D eigenvalue weighted by Crippen LogP contribution is -2.53. The number of hydrogen-bond donors (Lipinski definition) is 3. The number of thioether (sulfide) groups is 1. The zero-order valence-electron chi connectivity index (χ0n) is 23.6. The van der Waals surface area contributed by atoms with Gasteiger partial charge in [-0.1, -0.05) is 25.1 Å². The third-order valence-corrected chi connectivity index (χ3v) is 6.05. The van der Waals surface area contributed by atoms with Gasteiger partial charge in [0.05, 0.1) is 13.0 Å². The highest BCUT2D eigenvalue weighted by molar-refractivity contribution is 7.98. The molecule has 38 heavy (non-hydrogen) atoms. The van der Waals surface area contributed by atoms with E-state index in [9.17, 15) is 24.3 Å². The maximum atomic E-state index is 13.9. The Balaban J connectivity index is 3.41. The van der Waals surface area contributed by atoms with Crippen LogP contribution in [0.1, 0.15) is 71.0 Å². The van der Waals surface area contributed by atoms with Crippen LogP contribution >= 0.6 is 11.8 Å². The molecular weight excluding hydrogens is 510 g/mol. The van der Waals surface area contributed by atoms with E-state index in [2.05, 4.69) is 10.6 Å². The summed E-state index contributed by atoms with van der Waals surface area (Å²) in [5.74, 6) is -1.01. The molecule has 0 saturated heterocycles. The van der Waals surface area contributed by atoms with Gasteiger partial charge < -0.3 is 30.1 Å². The van der Waals surface area contributed by atoms with Crippen molar-refractivity contribution in [2.45, 2.75) is 78.5 Å². The molecular formula is C27H43N3O7S. The fourth-order valence-electron chi connectivity index (χ4n) is 3.72. The van der Waals surface area contributed by atoms with Gasteiger partial charge in [0.25, 0.3) is 0 Å². The van der Waals surface area contributed by atoms with E-state index in [1.807, 2.05) is 13.2 Å². The summed E-state index contributed by atoms with van der Waals surface area (Å²) in [5.41, 5.74) is 0.0393. The van der Waals surface area contributed by atoms with Gasteiger partial charge in [-0.25, -0.2) is 4.79 Å². The van der Waals surface area contributed by atoms with Crippen molar-refractivity contribution in [2.75, 3.05) is 31.7 Å². The number of carbonyl (C=O) groups excluding carboxylic acids is 4. The van der Waals surface area contributed by atoms with Gasteiger partial charge in [-0.2, -0.15) is 11.8 Å². The Bertz CT molecular complexity index is 949. The molecule has 3 amide bonds. The number of rotatable bonds is 14. The molecule has 0 aromatic heterocycles. The zero-order chi connectivity index (χ0) is 28.9. The summed E-state index contributed by atoms with van der Waals surface area (Å²) in [4.78, 5) is 53.2. The third-order valence-electron chi connectivity index (χ3n) is 5.40. The van der Waals surface area contributed by atoms with Crippen LogP contribution < -0.4 is 10.6 Å². The molecule has 10 nitrogen and oxygen atoms in total. The van der Waals surface area contributed by atoms with E-state index in [-0.39, 0.29) is 37.4 Å². The Kier molecular flexibility index (Phi) is 14.0. The molecule has 11 heteroatoms. The molecule has 1 aromatic carbocycles. The van der Waals surface area contributed by atoms with Crippen LogP contribution in [0.5, 0.6) is 5.75 Å². The van der Waals surface area contributed by atoms with Crippen LogP contribution in [0.15, 0.2) is 18.2 Å². The monoisotopic (exact) mass is 553 g/mol. The zero-order valence-corrected chi connectivity index (χ0v) is 24.4. The molecule has 0 aliphatic rings. The van der Waals surface area contributed by atoms with E-state index in [4.69, 9.17) is 9.47 Å². The molecule has 0 saturated carbocycles. The Morgan fingerprint density at radius 2 is 1.84 bits per heavy atom. The topological polar surface area (TPSA) is 134 Å². The van der Waals surface area contributed by atoms with Crippen LogP contribution in [-0.4, -0.2) is 77.2 Å². The fourth-order valence-corrected chi connectivity index (χ4v) is 4.19. The number of hydrogen-bond acceptors (Lipinski definition) is 8. The minimum Gasteiger partial charge on any atom is -0.507 e. The summed E-state index contributed by atoms with van der Waals surface area (Å²) in [5, 5.41) is 16.2. The molecule has 0 aliphatic carbocycles. The van der Waals surface area contributed by atoms with Crippen molar-refractivity contribution in [3.05, 3.63) is 29.3 Å². The van der Waals surface area contributed by atoms with Gasteiger partial charge in [0, 0.05) is 18.7 Å². The first-order chi connectivity index (χ1) is 17.9. The summed E-state index contributed by atoms with van der Waals surface area (Å²) in [7, 11) is 0. The molecule has 0 aliphatic heterocycles. The second kappa shape index (κ2) is 16.1. The number of phenols is 1. The molecule has 214 valence electrons. The van der Waals surface area contributed by atoms with Gasteiger partial charge in [-0.15, -0.1) is 0 Å². The molecule has 0 radical (unpaired) electrons. The number of aryl methyl sites for hydroxylation is 1. The van der Waals surface area contributed by atoms with Crippen molar-refractivity contribution in [3.63, 3.8) is 0 Å². The van der Waals surface area contributed by atoms with Gasteiger partial charge in [-0.3, -0.25) is 14.4 Å². The molecule has 0 bridgehead atoms. The van der Waals surface area contributed by atoms with Crippen molar-refractivity contribution < 1.29 is 33.8 Å². The van der Waals surface area contributed by atoms with E-state index in [0.29, 0.717) is 24.2 Å². The van der Waals surface area contributed by atoms with Crippen LogP contribution in [0.2, 0.25) is 0 Å². The van der Waals surface area contributed by atoms with Crippen LogP contribution in [0.3, 0.4) is 0 Å². The lowest BCUT2D eigenvalue weighted by molar-refractivity contribution is -0.144. The van der Waals surface area contributed by atoms with Crippen molar-refractivity contribution in [1.82, 2.24) is 15.5 Å². The maximum absolute atomic E-state index is 13.9. The fraction of sp³-hybridized carbons (Fsp3) is 0.630. The average molecular weight is 554 g/mol. The Morgan fingerprint density at radius 1 is 1.16 bits per heavy atom. The highest BCUT2D eigenvalue weighted by atomic mass is 32.2. The summed E-state index contributed by atoms with van der Waals surface area (Å²) in [6.07, 6.45) is 1.96. The SMILES string of the molecule is CCCN(C(=O)C(CCSC)NC(=O)OC(C)(C)C)C(C(=O)NCCC(=O)OCC)c1cccc(C)c1O. The van der Waals surface area contributed by atoms with Crippen molar-refractivity contribution in [2.24, 2.45) is 0 Å². The van der Waals surface area contributed by atoms with Gasteiger partial charge in [0.1, 0.15) is 23.4 Å². The number of phenolic OH excluding ortho intramolecular Hbond substituents is 1. The predicted octanol–water partition coefficient (Wildman–Crippen LogP) is 3.70. The molecule has 0 fully saturated rings. The minimum absolute atomic E-state index is 0.000954. The largest absolute Gasteiger partial charge is 0.507 e. The van der Waals surface area contributed by atoms with E-state index in [1.165, 1.54) is 16.7 Å². The minimum atomic E-state index is -1.19. The summed E-state index contributed by atoms with van der Waals surface area (Å²) in [6, 6.07) is 2.84. The lowest BCUT2D eigenvalue weighted by atomic mass is 9.98. The van der Waals surface area contributed by atoms with Crippen LogP contribution in [0.25, 0.3) is 0 Å². The number of benzene rings is 1. The second-order valence-electron chi connectivity index (χ2n) is 9.77. The molecule has 1 rings (SSSR count). The highest BCUT2D eigenvalue weighted by Gasteiger charge is 2.37. The van der Waals surface area contributed by atoms with Gasteiger partial charge in [0.15, 0.2) is 0 Å². The molecule has 2 unspecified atom stereocenters. The van der Waals surface area contributed by atoms with Crippen molar-refractivity contribution in [1.29, 1.82) is 0 Å². The molecule has 3 N–H and O–H groups in total. The first kappa shape index (κ1) is 33.1. The number of aromatic hydroxyl groups is 1. The van der Waals surface area contributed by atoms with E-state index in [1.54, 1.807) is 52.8 Å². The van der Waals surface area contributed by atoms with Gasteiger partial charge in [-0.05, 0) is 65.0 Å². The number of ether oxygens (including phenoxy) is 2. The van der Waals surface area contributed by atoms with Crippen molar-refractivity contribution in [3.8, 4) is 5.75 Å². The van der Waals surface area contributed by atoms with Gasteiger partial charge in [0.2, 0.25) is 11.8 Å². The number of alkyl carbamates (subject to hydrolysis) is 1. The Hall–Kier alpha value is -2.95. The Morgan fingerprint density at radius 3 is 2.42 bits per heavy atom.